The van der Waals surface area contributed by atoms with Crippen molar-refractivity contribution in [2.24, 2.45) is 0 Å². The Balaban J connectivity index is 2.20. The van der Waals surface area contributed by atoms with E-state index in [-0.39, 0.29) is 32.6 Å². The van der Waals surface area contributed by atoms with E-state index in [2.05, 4.69) is 4.72 Å². The standard InChI is InChI=1S/C23H31NO5S2/c1-16(2)20-14-21(17(3)4)23(31(27,28)24-18-10-12-29-13-11-18)15-22(20)30(25,26)19-8-6-5-7-9-19/h5-9,14-18,24H,10-13H2,1-4H3. The van der Waals surface area contributed by atoms with Crippen molar-refractivity contribution in [2.45, 2.75) is 73.1 Å². The van der Waals surface area contributed by atoms with E-state index >= 15 is 0 Å². The summed E-state index contributed by atoms with van der Waals surface area (Å²) in [6.07, 6.45) is 1.19. The molecule has 31 heavy (non-hydrogen) atoms. The summed E-state index contributed by atoms with van der Waals surface area (Å²) in [6.45, 7) is 8.67. The van der Waals surface area contributed by atoms with Gasteiger partial charge in [-0.25, -0.2) is 21.6 Å². The van der Waals surface area contributed by atoms with Gasteiger partial charge in [-0.1, -0.05) is 52.0 Å². The minimum absolute atomic E-state index is 0.0351. The molecule has 2 aromatic rings. The van der Waals surface area contributed by atoms with Crippen LogP contribution in [-0.2, 0) is 24.6 Å². The van der Waals surface area contributed by atoms with Gasteiger partial charge in [0.1, 0.15) is 0 Å². The smallest absolute Gasteiger partial charge is 0.241 e. The molecule has 1 fully saturated rings. The maximum absolute atomic E-state index is 13.5. The fourth-order valence-corrected chi connectivity index (χ4v) is 7.19. The van der Waals surface area contributed by atoms with E-state index in [4.69, 9.17) is 4.74 Å². The van der Waals surface area contributed by atoms with E-state index in [1.807, 2.05) is 27.7 Å². The molecule has 1 heterocycles. The van der Waals surface area contributed by atoms with Gasteiger partial charge in [0.25, 0.3) is 0 Å². The molecule has 0 radical (unpaired) electrons. The maximum Gasteiger partial charge on any atom is 0.241 e. The van der Waals surface area contributed by atoms with Crippen LogP contribution in [0.1, 0.15) is 63.5 Å². The van der Waals surface area contributed by atoms with E-state index in [1.165, 1.54) is 18.2 Å². The Morgan fingerprint density at radius 1 is 0.839 bits per heavy atom. The number of sulfonamides is 1. The van der Waals surface area contributed by atoms with Crippen molar-refractivity contribution < 1.29 is 21.6 Å². The van der Waals surface area contributed by atoms with Crippen LogP contribution >= 0.6 is 0 Å². The Kier molecular flexibility index (Phi) is 7.25. The summed E-state index contributed by atoms with van der Waals surface area (Å²) in [6, 6.07) is 11.0. The van der Waals surface area contributed by atoms with Crippen LogP contribution in [0.4, 0.5) is 0 Å². The zero-order valence-corrected chi connectivity index (χ0v) is 20.1. The van der Waals surface area contributed by atoms with Crippen LogP contribution < -0.4 is 4.72 Å². The molecule has 0 saturated carbocycles. The quantitative estimate of drug-likeness (QED) is 0.661. The predicted molar refractivity (Wildman–Crippen MR) is 121 cm³/mol. The van der Waals surface area contributed by atoms with Gasteiger partial charge in [-0.2, -0.15) is 0 Å². The Morgan fingerprint density at radius 2 is 1.39 bits per heavy atom. The van der Waals surface area contributed by atoms with Crippen molar-refractivity contribution in [3.05, 3.63) is 53.6 Å². The Morgan fingerprint density at radius 3 is 1.94 bits per heavy atom. The number of hydrogen-bond acceptors (Lipinski definition) is 5. The van der Waals surface area contributed by atoms with Crippen LogP contribution in [0.25, 0.3) is 0 Å². The molecule has 0 bridgehead atoms. The topological polar surface area (TPSA) is 89.5 Å². The van der Waals surface area contributed by atoms with Crippen LogP contribution in [-0.4, -0.2) is 36.1 Å². The summed E-state index contributed by atoms with van der Waals surface area (Å²) in [7, 11) is -7.80. The summed E-state index contributed by atoms with van der Waals surface area (Å²) in [5, 5.41) is 0. The molecule has 0 amide bonds. The van der Waals surface area contributed by atoms with E-state index in [9.17, 15) is 16.8 Å². The van der Waals surface area contributed by atoms with Crippen LogP contribution in [0, 0.1) is 0 Å². The minimum atomic E-state index is -3.91. The fraction of sp³-hybridized carbons (Fsp3) is 0.478. The number of sulfone groups is 1. The zero-order valence-electron chi connectivity index (χ0n) is 18.5. The molecule has 0 aliphatic carbocycles. The van der Waals surface area contributed by atoms with Crippen LogP contribution in [0.15, 0.2) is 57.2 Å². The molecule has 0 aromatic heterocycles. The van der Waals surface area contributed by atoms with E-state index in [0.29, 0.717) is 37.2 Å². The van der Waals surface area contributed by atoms with Crippen molar-refractivity contribution in [2.75, 3.05) is 13.2 Å². The SMILES string of the molecule is CC(C)c1cc(C(C)C)c(S(=O)(=O)c2ccccc2)cc1S(=O)(=O)NC1CCOCC1. The second-order valence-corrected chi connectivity index (χ2v) is 12.2. The highest BCUT2D eigenvalue weighted by molar-refractivity contribution is 7.91. The lowest BCUT2D eigenvalue weighted by Crippen LogP contribution is -2.39. The number of benzene rings is 2. The van der Waals surface area contributed by atoms with Crippen molar-refractivity contribution >= 4 is 19.9 Å². The second-order valence-electron chi connectivity index (χ2n) is 8.56. The highest BCUT2D eigenvalue weighted by Gasteiger charge is 2.31. The molecule has 1 saturated heterocycles. The number of rotatable bonds is 7. The third kappa shape index (κ3) is 5.19. The highest BCUT2D eigenvalue weighted by atomic mass is 32.2. The zero-order chi connectivity index (χ0) is 22.8. The van der Waals surface area contributed by atoms with Crippen molar-refractivity contribution in [3.63, 3.8) is 0 Å². The highest BCUT2D eigenvalue weighted by Crippen LogP contribution is 2.36. The summed E-state index contributed by atoms with van der Waals surface area (Å²) >= 11 is 0. The van der Waals surface area contributed by atoms with Crippen LogP contribution in [0.3, 0.4) is 0 Å². The molecule has 2 aromatic carbocycles. The lowest BCUT2D eigenvalue weighted by Gasteiger charge is -2.25. The molecule has 1 aliphatic rings. The van der Waals surface area contributed by atoms with Crippen molar-refractivity contribution in [3.8, 4) is 0 Å². The summed E-state index contributed by atoms with van der Waals surface area (Å²) in [5.74, 6) is -0.182. The van der Waals surface area contributed by atoms with Gasteiger partial charge in [0.2, 0.25) is 19.9 Å². The van der Waals surface area contributed by atoms with Gasteiger partial charge in [0, 0.05) is 19.3 Å². The number of ether oxygens (including phenoxy) is 1. The third-order valence-corrected chi connectivity index (χ3v) is 8.96. The van der Waals surface area contributed by atoms with Crippen molar-refractivity contribution in [1.82, 2.24) is 4.72 Å². The molecule has 8 heteroatoms. The summed E-state index contributed by atoms with van der Waals surface area (Å²) < 4.78 is 61.8. The van der Waals surface area contributed by atoms with E-state index < -0.39 is 19.9 Å². The van der Waals surface area contributed by atoms with E-state index in [1.54, 1.807) is 24.3 Å². The molecular formula is C23H31NO5S2. The Hall–Kier alpha value is -1.74. The van der Waals surface area contributed by atoms with Gasteiger partial charge in [-0.3, -0.25) is 0 Å². The average molecular weight is 466 g/mol. The second kappa shape index (κ2) is 9.40. The molecule has 0 atom stereocenters. The largest absolute Gasteiger partial charge is 0.381 e. The normalized spacial score (nSPS) is 16.2. The third-order valence-electron chi connectivity index (χ3n) is 5.56. The molecular weight excluding hydrogens is 434 g/mol. The summed E-state index contributed by atoms with van der Waals surface area (Å²) in [5.41, 5.74) is 1.24. The molecule has 170 valence electrons. The van der Waals surface area contributed by atoms with Gasteiger partial charge in [-0.15, -0.1) is 0 Å². The van der Waals surface area contributed by atoms with Gasteiger partial charge in [0.05, 0.1) is 14.7 Å². The van der Waals surface area contributed by atoms with Crippen LogP contribution in [0.2, 0.25) is 0 Å². The monoisotopic (exact) mass is 465 g/mol. The van der Waals surface area contributed by atoms with E-state index in [0.717, 1.165) is 0 Å². The first kappa shape index (κ1) is 23.9. The molecule has 3 rings (SSSR count). The Labute approximate surface area is 186 Å². The Bertz CT molecular complexity index is 1120. The average Bonchev–Trinajstić information content (AvgIpc) is 2.73. The van der Waals surface area contributed by atoms with Gasteiger partial charge in [0.15, 0.2) is 0 Å². The maximum atomic E-state index is 13.5. The molecule has 1 aliphatic heterocycles. The predicted octanol–water partition coefficient (Wildman–Crippen LogP) is 4.22. The molecule has 1 N–H and O–H groups in total. The fourth-order valence-electron chi connectivity index (χ4n) is 3.79. The van der Waals surface area contributed by atoms with Gasteiger partial charge in [-0.05, 0) is 54.0 Å². The lowest BCUT2D eigenvalue weighted by atomic mass is 9.95. The summed E-state index contributed by atoms with van der Waals surface area (Å²) in [4.78, 5) is 0.230. The van der Waals surface area contributed by atoms with Gasteiger partial charge < -0.3 is 4.74 Å². The molecule has 0 spiro atoms. The number of hydrogen-bond donors (Lipinski definition) is 1. The van der Waals surface area contributed by atoms with Crippen molar-refractivity contribution in [1.29, 1.82) is 0 Å². The lowest BCUT2D eigenvalue weighted by molar-refractivity contribution is 0.0832. The first-order chi connectivity index (χ1) is 14.5. The van der Waals surface area contributed by atoms with Crippen LogP contribution in [0.5, 0.6) is 0 Å². The molecule has 6 nitrogen and oxygen atoms in total. The molecule has 0 unspecified atom stereocenters. The number of nitrogens with one attached hydrogen (secondary N) is 1. The van der Waals surface area contributed by atoms with Gasteiger partial charge >= 0.3 is 0 Å². The minimum Gasteiger partial charge on any atom is -0.381 e. The first-order valence-corrected chi connectivity index (χ1v) is 13.6. The first-order valence-electron chi connectivity index (χ1n) is 10.6.